The molecule has 4 aromatic rings. The summed E-state index contributed by atoms with van der Waals surface area (Å²) in [6, 6.07) is 10.9. The van der Waals surface area contributed by atoms with E-state index in [9.17, 15) is 9.59 Å². The maximum atomic E-state index is 12.9. The number of amides is 1. The molecule has 150 valence electrons. The quantitative estimate of drug-likeness (QED) is 0.395. The number of nitrogens with zero attached hydrogens (tertiary/aromatic N) is 4. The fourth-order valence-electron chi connectivity index (χ4n) is 2.40. The van der Waals surface area contributed by atoms with Gasteiger partial charge in [-0.25, -0.2) is 9.97 Å². The van der Waals surface area contributed by atoms with Gasteiger partial charge in [0.15, 0.2) is 16.1 Å². The van der Waals surface area contributed by atoms with Crippen LogP contribution in [0.15, 0.2) is 74.3 Å². The number of Topliss-reactive ketones (excluding diaryl/α,β-unsaturated/α-hetero) is 1. The lowest BCUT2D eigenvalue weighted by Gasteiger charge is -2.10. The van der Waals surface area contributed by atoms with Gasteiger partial charge in [-0.05, 0) is 43.0 Å². The van der Waals surface area contributed by atoms with Gasteiger partial charge in [0.2, 0.25) is 0 Å². The van der Waals surface area contributed by atoms with Crippen molar-refractivity contribution < 1.29 is 9.59 Å². The summed E-state index contributed by atoms with van der Waals surface area (Å²) in [4.78, 5) is 37.5. The molecule has 0 fully saturated rings. The molecule has 3 aromatic heterocycles. The number of anilines is 1. The van der Waals surface area contributed by atoms with Crippen molar-refractivity contribution in [2.75, 3.05) is 5.32 Å². The average Bonchev–Trinajstić information content (AvgIpc) is 3.44. The summed E-state index contributed by atoms with van der Waals surface area (Å²) < 4.78 is 0. The molecular weight excluding hydrogens is 440 g/mol. The van der Waals surface area contributed by atoms with E-state index in [1.807, 2.05) is 24.3 Å². The van der Waals surface area contributed by atoms with Gasteiger partial charge in [0, 0.05) is 26.9 Å². The summed E-state index contributed by atoms with van der Waals surface area (Å²) >= 11 is 4.00. The Morgan fingerprint density at radius 2 is 1.93 bits per heavy atom. The number of aromatic amines is 1. The molecule has 4 rings (SSSR count). The highest BCUT2D eigenvalue weighted by molar-refractivity contribution is 7.99. The number of carbonyl (C=O) groups excluding carboxylic acids is 2. The monoisotopic (exact) mass is 454 g/mol. The van der Waals surface area contributed by atoms with Gasteiger partial charge in [0.05, 0.1) is 0 Å². The molecular formula is C19H14N6O2S3. The van der Waals surface area contributed by atoms with Gasteiger partial charge in [-0.2, -0.15) is 0 Å². The summed E-state index contributed by atoms with van der Waals surface area (Å²) in [6.07, 6.45) is 3.10. The van der Waals surface area contributed by atoms with E-state index in [1.54, 1.807) is 23.7 Å². The van der Waals surface area contributed by atoms with Crippen LogP contribution < -0.4 is 5.32 Å². The molecule has 0 saturated heterocycles. The van der Waals surface area contributed by atoms with E-state index in [0.29, 0.717) is 25.8 Å². The third-order valence-electron chi connectivity index (χ3n) is 3.78. The van der Waals surface area contributed by atoms with Crippen LogP contribution in [-0.4, -0.2) is 36.8 Å². The van der Waals surface area contributed by atoms with Crippen molar-refractivity contribution in [3.05, 3.63) is 65.6 Å². The third-order valence-corrected chi connectivity index (χ3v) is 6.36. The number of rotatable bonds is 7. The van der Waals surface area contributed by atoms with Gasteiger partial charge < -0.3 is 4.98 Å². The molecule has 0 spiro atoms. The number of hydrogen-bond donors (Lipinski definition) is 2. The lowest BCUT2D eigenvalue weighted by molar-refractivity contribution is 0.101. The SMILES string of the molecule is CC(=O)c1ccc(Sc2ccc(Sc3nnc[nH]3)nc2C(=O)Nc2nccs2)cc1. The fraction of sp³-hybridized carbons (Fsp3) is 0.0526. The summed E-state index contributed by atoms with van der Waals surface area (Å²) in [7, 11) is 0. The van der Waals surface area contributed by atoms with E-state index in [4.69, 9.17) is 0 Å². The molecule has 30 heavy (non-hydrogen) atoms. The first-order valence-electron chi connectivity index (χ1n) is 8.63. The Kier molecular flexibility index (Phi) is 6.21. The van der Waals surface area contributed by atoms with Crippen LogP contribution in [0.25, 0.3) is 0 Å². The second-order valence-corrected chi connectivity index (χ2v) is 8.89. The molecule has 2 N–H and O–H groups in total. The zero-order valence-electron chi connectivity index (χ0n) is 15.5. The fourth-order valence-corrected chi connectivity index (χ4v) is 4.49. The third kappa shape index (κ3) is 4.93. The van der Waals surface area contributed by atoms with Crippen LogP contribution >= 0.6 is 34.9 Å². The number of aromatic nitrogens is 5. The minimum atomic E-state index is -0.354. The first-order chi connectivity index (χ1) is 14.6. The molecule has 11 heteroatoms. The van der Waals surface area contributed by atoms with Gasteiger partial charge in [0.1, 0.15) is 17.0 Å². The van der Waals surface area contributed by atoms with Crippen molar-refractivity contribution in [3.8, 4) is 0 Å². The van der Waals surface area contributed by atoms with Gasteiger partial charge >= 0.3 is 0 Å². The summed E-state index contributed by atoms with van der Waals surface area (Å²) in [5, 5.41) is 13.9. The zero-order chi connectivity index (χ0) is 20.9. The van der Waals surface area contributed by atoms with E-state index in [1.165, 1.54) is 48.1 Å². The molecule has 0 aliphatic rings. The molecule has 1 amide bonds. The maximum absolute atomic E-state index is 12.9. The smallest absolute Gasteiger partial charge is 0.277 e. The normalized spacial score (nSPS) is 10.7. The Hall–Kier alpha value is -3.02. The summed E-state index contributed by atoms with van der Waals surface area (Å²) in [5.41, 5.74) is 0.911. The second kappa shape index (κ2) is 9.20. The molecule has 0 aliphatic heterocycles. The highest BCUT2D eigenvalue weighted by atomic mass is 32.2. The van der Waals surface area contributed by atoms with Crippen molar-refractivity contribution in [2.24, 2.45) is 0 Å². The molecule has 0 atom stereocenters. The summed E-state index contributed by atoms with van der Waals surface area (Å²) in [6.45, 7) is 1.53. The predicted octanol–water partition coefficient (Wildman–Crippen LogP) is 4.41. The van der Waals surface area contributed by atoms with Crippen LogP contribution in [0.3, 0.4) is 0 Å². The van der Waals surface area contributed by atoms with Gasteiger partial charge in [-0.15, -0.1) is 21.5 Å². The standard InChI is InChI=1S/C19H14N6O2S3/c1-11(26)12-2-4-13(5-3-12)29-14-6-7-15(30-19-21-10-22-25-19)23-16(14)17(27)24-18-20-8-9-28-18/h2-10H,1H3,(H,20,24,27)(H,21,22,25). The van der Waals surface area contributed by atoms with Crippen molar-refractivity contribution in [1.29, 1.82) is 0 Å². The number of hydrogen-bond acceptors (Lipinski definition) is 9. The van der Waals surface area contributed by atoms with Crippen molar-refractivity contribution in [1.82, 2.24) is 25.1 Å². The number of carbonyl (C=O) groups is 2. The van der Waals surface area contributed by atoms with Gasteiger partial charge in [-0.3, -0.25) is 14.9 Å². The minimum Gasteiger partial charge on any atom is -0.322 e. The largest absolute Gasteiger partial charge is 0.322 e. The zero-order valence-corrected chi connectivity index (χ0v) is 18.0. The Morgan fingerprint density at radius 3 is 2.60 bits per heavy atom. The van der Waals surface area contributed by atoms with Crippen LogP contribution in [0, 0.1) is 0 Å². The van der Waals surface area contributed by atoms with Crippen molar-refractivity contribution in [3.63, 3.8) is 0 Å². The molecule has 3 heterocycles. The highest BCUT2D eigenvalue weighted by Crippen LogP contribution is 2.33. The first kappa shape index (κ1) is 20.3. The highest BCUT2D eigenvalue weighted by Gasteiger charge is 2.18. The Balaban J connectivity index is 1.63. The van der Waals surface area contributed by atoms with E-state index in [0.717, 1.165) is 4.90 Å². The average molecular weight is 455 g/mol. The van der Waals surface area contributed by atoms with E-state index in [-0.39, 0.29) is 17.4 Å². The molecule has 0 unspecified atom stereocenters. The number of pyridine rings is 1. The topological polar surface area (TPSA) is 114 Å². The molecule has 8 nitrogen and oxygen atoms in total. The van der Waals surface area contributed by atoms with Crippen molar-refractivity contribution in [2.45, 2.75) is 26.9 Å². The van der Waals surface area contributed by atoms with E-state index < -0.39 is 0 Å². The first-order valence-corrected chi connectivity index (χ1v) is 11.1. The second-order valence-electron chi connectivity index (χ2n) is 5.87. The molecule has 0 radical (unpaired) electrons. The number of thiazole rings is 1. The maximum Gasteiger partial charge on any atom is 0.277 e. The van der Waals surface area contributed by atoms with Gasteiger partial charge in [-0.1, -0.05) is 23.9 Å². The molecule has 1 aromatic carbocycles. The number of ketones is 1. The van der Waals surface area contributed by atoms with Crippen LogP contribution in [0.2, 0.25) is 0 Å². The molecule has 0 aliphatic carbocycles. The van der Waals surface area contributed by atoms with E-state index >= 15 is 0 Å². The van der Waals surface area contributed by atoms with Crippen LogP contribution in [0.4, 0.5) is 5.13 Å². The summed E-state index contributed by atoms with van der Waals surface area (Å²) in [5.74, 6) is -0.349. The van der Waals surface area contributed by atoms with Crippen molar-refractivity contribution >= 4 is 51.7 Å². The Morgan fingerprint density at radius 1 is 1.10 bits per heavy atom. The number of nitrogens with one attached hydrogen (secondary N) is 2. The molecule has 0 bridgehead atoms. The number of benzene rings is 1. The Labute approximate surface area is 184 Å². The minimum absolute atomic E-state index is 0.00512. The predicted molar refractivity (Wildman–Crippen MR) is 115 cm³/mol. The van der Waals surface area contributed by atoms with Crippen LogP contribution in [0.5, 0.6) is 0 Å². The van der Waals surface area contributed by atoms with Crippen LogP contribution in [-0.2, 0) is 0 Å². The van der Waals surface area contributed by atoms with E-state index in [2.05, 4.69) is 30.5 Å². The Bertz CT molecular complexity index is 1160. The number of H-pyrrole nitrogens is 1. The molecule has 0 saturated carbocycles. The van der Waals surface area contributed by atoms with Gasteiger partial charge in [0.25, 0.3) is 5.91 Å². The lowest BCUT2D eigenvalue weighted by Crippen LogP contribution is -2.15. The lowest BCUT2D eigenvalue weighted by atomic mass is 10.2. The van der Waals surface area contributed by atoms with Crippen LogP contribution in [0.1, 0.15) is 27.8 Å².